The smallest absolute Gasteiger partial charge is 0.128 e. The van der Waals surface area contributed by atoms with Crippen molar-refractivity contribution < 1.29 is 0 Å². The van der Waals surface area contributed by atoms with Crippen molar-refractivity contribution in [1.29, 1.82) is 0 Å². The second-order valence-electron chi connectivity index (χ2n) is 3.65. The fourth-order valence-electron chi connectivity index (χ4n) is 1.56. The Morgan fingerprint density at radius 3 is 2.64 bits per heavy atom. The normalized spacial score (nSPS) is 20.4. The Bertz CT molecular complexity index is 338. The monoisotopic (exact) mass is 187 g/mol. The van der Waals surface area contributed by atoms with Gasteiger partial charge in [0.25, 0.3) is 0 Å². The molecule has 0 bridgehead atoms. The summed E-state index contributed by atoms with van der Waals surface area (Å²) in [4.78, 5) is 4.50. The van der Waals surface area contributed by atoms with Gasteiger partial charge in [0.05, 0.1) is 6.04 Å². The highest BCUT2D eigenvalue weighted by atomic mass is 15.1. The van der Waals surface area contributed by atoms with Crippen molar-refractivity contribution in [3.05, 3.63) is 42.3 Å². The lowest BCUT2D eigenvalue weighted by Gasteiger charge is -2.02. The van der Waals surface area contributed by atoms with Crippen molar-refractivity contribution >= 4 is 5.84 Å². The zero-order chi connectivity index (χ0) is 9.97. The lowest BCUT2D eigenvalue weighted by Crippen LogP contribution is -2.20. The van der Waals surface area contributed by atoms with Crippen LogP contribution >= 0.6 is 0 Å². The summed E-state index contributed by atoms with van der Waals surface area (Å²) < 4.78 is 0. The summed E-state index contributed by atoms with van der Waals surface area (Å²) in [6.45, 7) is 6.92. The highest BCUT2D eigenvalue weighted by Gasteiger charge is 2.12. The number of rotatable bonds is 2. The highest BCUT2D eigenvalue weighted by molar-refractivity contribution is 5.99. The van der Waals surface area contributed by atoms with Crippen LogP contribution in [-0.4, -0.2) is 18.4 Å². The van der Waals surface area contributed by atoms with E-state index in [0.29, 0.717) is 6.04 Å². The standard InChI is InChI=1S/C12H15N2/c1-3-10-4-6-11(7-5-10)12-13-8-9(2)14-12/h4-7,9H,1,3,8H2,2H3,(H,13,14). The molecule has 0 saturated carbocycles. The SMILES string of the molecule is [CH2]Cc1ccc(C2=NC(C)CN2)cc1. The van der Waals surface area contributed by atoms with Crippen LogP contribution < -0.4 is 5.32 Å². The summed E-state index contributed by atoms with van der Waals surface area (Å²) in [6.07, 6.45) is 0.844. The van der Waals surface area contributed by atoms with Crippen LogP contribution in [0.2, 0.25) is 0 Å². The number of amidine groups is 1. The summed E-state index contributed by atoms with van der Waals surface area (Å²) >= 11 is 0. The van der Waals surface area contributed by atoms with Gasteiger partial charge in [-0.2, -0.15) is 0 Å². The van der Waals surface area contributed by atoms with Crippen molar-refractivity contribution in [2.24, 2.45) is 4.99 Å². The molecular formula is C12H15N2. The molecule has 1 aromatic rings. The molecule has 0 aromatic heterocycles. The molecule has 1 N–H and O–H groups in total. The third-order valence-electron chi connectivity index (χ3n) is 2.43. The molecule has 1 unspecified atom stereocenters. The topological polar surface area (TPSA) is 24.4 Å². The fourth-order valence-corrected chi connectivity index (χ4v) is 1.56. The van der Waals surface area contributed by atoms with Gasteiger partial charge in [0, 0.05) is 12.1 Å². The lowest BCUT2D eigenvalue weighted by molar-refractivity contribution is 0.766. The molecule has 1 aliphatic heterocycles. The van der Waals surface area contributed by atoms with E-state index >= 15 is 0 Å². The van der Waals surface area contributed by atoms with Crippen LogP contribution in [0.4, 0.5) is 0 Å². The highest BCUT2D eigenvalue weighted by Crippen LogP contribution is 2.09. The Labute approximate surface area is 85.1 Å². The van der Waals surface area contributed by atoms with E-state index in [-0.39, 0.29) is 0 Å². The maximum absolute atomic E-state index is 4.50. The summed E-state index contributed by atoms with van der Waals surface area (Å²) in [7, 11) is 0. The molecule has 1 heterocycles. The Balaban J connectivity index is 2.21. The van der Waals surface area contributed by atoms with Crippen LogP contribution in [0.5, 0.6) is 0 Å². The van der Waals surface area contributed by atoms with Gasteiger partial charge in [0.2, 0.25) is 0 Å². The van der Waals surface area contributed by atoms with Gasteiger partial charge in [0.15, 0.2) is 0 Å². The molecule has 1 aliphatic rings. The average Bonchev–Trinajstić information content (AvgIpc) is 2.65. The summed E-state index contributed by atoms with van der Waals surface area (Å²) in [5, 5.41) is 3.29. The Morgan fingerprint density at radius 1 is 1.43 bits per heavy atom. The van der Waals surface area contributed by atoms with Crippen molar-refractivity contribution in [3.63, 3.8) is 0 Å². The molecule has 1 atom stereocenters. The minimum absolute atomic E-state index is 0.400. The molecule has 2 heteroatoms. The van der Waals surface area contributed by atoms with Crippen LogP contribution in [0.3, 0.4) is 0 Å². The number of hydrogen-bond donors (Lipinski definition) is 1. The van der Waals surface area contributed by atoms with Gasteiger partial charge in [-0.05, 0) is 25.8 Å². The van der Waals surface area contributed by atoms with Crippen molar-refractivity contribution in [1.82, 2.24) is 5.32 Å². The minimum atomic E-state index is 0.400. The van der Waals surface area contributed by atoms with Crippen molar-refractivity contribution in [3.8, 4) is 0 Å². The maximum Gasteiger partial charge on any atom is 0.128 e. The first-order valence-electron chi connectivity index (χ1n) is 5.00. The summed E-state index contributed by atoms with van der Waals surface area (Å²) in [5.74, 6) is 1.02. The first kappa shape index (κ1) is 9.25. The van der Waals surface area contributed by atoms with E-state index < -0.39 is 0 Å². The van der Waals surface area contributed by atoms with Gasteiger partial charge in [-0.1, -0.05) is 24.3 Å². The average molecular weight is 187 g/mol. The second kappa shape index (κ2) is 3.82. The van der Waals surface area contributed by atoms with Crippen LogP contribution in [-0.2, 0) is 6.42 Å². The number of aliphatic imine (C=N–C) groups is 1. The zero-order valence-electron chi connectivity index (χ0n) is 8.46. The van der Waals surface area contributed by atoms with Gasteiger partial charge in [-0.25, -0.2) is 0 Å². The second-order valence-corrected chi connectivity index (χ2v) is 3.65. The zero-order valence-corrected chi connectivity index (χ0v) is 8.46. The molecule has 1 aromatic carbocycles. The molecule has 0 saturated heterocycles. The number of benzene rings is 1. The molecule has 1 radical (unpaired) electrons. The molecule has 0 fully saturated rings. The predicted octanol–water partition coefficient (Wildman–Crippen LogP) is 1.80. The summed E-state index contributed by atoms with van der Waals surface area (Å²) in [6, 6.07) is 8.82. The van der Waals surface area contributed by atoms with Crippen LogP contribution in [0.15, 0.2) is 29.3 Å². The van der Waals surface area contributed by atoms with Gasteiger partial charge < -0.3 is 5.32 Å². The first-order chi connectivity index (χ1) is 6.79. The number of hydrogen-bond acceptors (Lipinski definition) is 2. The van der Waals surface area contributed by atoms with E-state index in [1.54, 1.807) is 0 Å². The van der Waals surface area contributed by atoms with Gasteiger partial charge in [-0.15, -0.1) is 0 Å². The number of nitrogens with zero attached hydrogens (tertiary/aromatic N) is 1. The van der Waals surface area contributed by atoms with E-state index in [9.17, 15) is 0 Å². The Morgan fingerprint density at radius 2 is 2.14 bits per heavy atom. The molecule has 0 aliphatic carbocycles. The van der Waals surface area contributed by atoms with E-state index in [1.807, 2.05) is 0 Å². The molecule has 0 spiro atoms. The predicted molar refractivity (Wildman–Crippen MR) is 59.5 cm³/mol. The van der Waals surface area contributed by atoms with Crippen molar-refractivity contribution in [2.45, 2.75) is 19.4 Å². The van der Waals surface area contributed by atoms with Crippen molar-refractivity contribution in [2.75, 3.05) is 6.54 Å². The minimum Gasteiger partial charge on any atom is -0.368 e. The Kier molecular flexibility index (Phi) is 2.53. The van der Waals surface area contributed by atoms with Crippen LogP contribution in [0.1, 0.15) is 18.1 Å². The van der Waals surface area contributed by atoms with E-state index in [4.69, 9.17) is 0 Å². The molecule has 2 nitrogen and oxygen atoms in total. The van der Waals surface area contributed by atoms with Gasteiger partial charge in [0.1, 0.15) is 5.84 Å². The molecule has 73 valence electrons. The first-order valence-corrected chi connectivity index (χ1v) is 5.00. The van der Waals surface area contributed by atoms with Gasteiger partial charge >= 0.3 is 0 Å². The third kappa shape index (κ3) is 1.79. The van der Waals surface area contributed by atoms with Crippen LogP contribution in [0, 0.1) is 6.92 Å². The molecule has 0 amide bonds. The van der Waals surface area contributed by atoms with E-state index in [0.717, 1.165) is 18.8 Å². The molecular weight excluding hydrogens is 172 g/mol. The summed E-state index contributed by atoms with van der Waals surface area (Å²) in [5.41, 5.74) is 2.44. The molecule has 14 heavy (non-hydrogen) atoms. The third-order valence-corrected chi connectivity index (χ3v) is 2.43. The lowest BCUT2D eigenvalue weighted by atomic mass is 10.1. The van der Waals surface area contributed by atoms with Crippen LogP contribution in [0.25, 0.3) is 0 Å². The van der Waals surface area contributed by atoms with Gasteiger partial charge in [-0.3, -0.25) is 4.99 Å². The fraction of sp³-hybridized carbons (Fsp3) is 0.333. The van der Waals surface area contributed by atoms with E-state index in [2.05, 4.69) is 48.4 Å². The Hall–Kier alpha value is -1.31. The number of nitrogens with one attached hydrogen (secondary N) is 1. The maximum atomic E-state index is 4.50. The molecule has 2 rings (SSSR count). The van der Waals surface area contributed by atoms with E-state index in [1.165, 1.54) is 11.1 Å². The largest absolute Gasteiger partial charge is 0.368 e. The quantitative estimate of drug-likeness (QED) is 0.750.